The molecule has 148 valence electrons. The fourth-order valence-electron chi connectivity index (χ4n) is 3.70. The summed E-state index contributed by atoms with van der Waals surface area (Å²) in [5.74, 6) is 1.32. The molecule has 2 aliphatic heterocycles. The Labute approximate surface area is 162 Å². The molecule has 0 unspecified atom stereocenters. The Bertz CT molecular complexity index is 635. The van der Waals surface area contributed by atoms with E-state index in [0.29, 0.717) is 32.7 Å². The predicted octanol–water partition coefficient (Wildman–Crippen LogP) is 1.92. The van der Waals surface area contributed by atoms with E-state index in [9.17, 15) is 9.59 Å². The summed E-state index contributed by atoms with van der Waals surface area (Å²) in [7, 11) is 0. The summed E-state index contributed by atoms with van der Waals surface area (Å²) in [5.41, 5.74) is 1.11. The van der Waals surface area contributed by atoms with Gasteiger partial charge < -0.3 is 14.5 Å². The van der Waals surface area contributed by atoms with E-state index in [1.54, 1.807) is 0 Å². The molecule has 0 saturated carbocycles. The topological polar surface area (TPSA) is 53.1 Å². The Morgan fingerprint density at radius 3 is 2.30 bits per heavy atom. The molecule has 3 rings (SSSR count). The van der Waals surface area contributed by atoms with Gasteiger partial charge in [-0.15, -0.1) is 0 Å². The maximum absolute atomic E-state index is 12.4. The van der Waals surface area contributed by atoms with Crippen LogP contribution in [-0.2, 0) is 9.59 Å². The largest absolute Gasteiger partial charge is 0.493 e. The van der Waals surface area contributed by atoms with Crippen LogP contribution in [0.15, 0.2) is 24.3 Å². The first-order valence-corrected chi connectivity index (χ1v) is 10.1. The van der Waals surface area contributed by atoms with Crippen molar-refractivity contribution in [3.05, 3.63) is 29.8 Å². The second kappa shape index (κ2) is 9.74. The van der Waals surface area contributed by atoms with Gasteiger partial charge in [-0.25, -0.2) is 0 Å². The van der Waals surface area contributed by atoms with E-state index in [2.05, 4.69) is 4.90 Å². The van der Waals surface area contributed by atoms with E-state index >= 15 is 0 Å². The first kappa shape index (κ1) is 19.7. The highest BCUT2D eigenvalue weighted by atomic mass is 16.5. The third-order valence-electron chi connectivity index (χ3n) is 5.43. The van der Waals surface area contributed by atoms with Crippen LogP contribution in [-0.4, -0.2) is 78.9 Å². The molecule has 27 heavy (non-hydrogen) atoms. The second-order valence-corrected chi connectivity index (χ2v) is 7.46. The van der Waals surface area contributed by atoms with Crippen molar-refractivity contribution in [2.45, 2.75) is 32.6 Å². The number of piperazine rings is 1. The molecule has 2 amide bonds. The Balaban J connectivity index is 1.31. The number of para-hydroxylation sites is 1. The molecule has 2 fully saturated rings. The number of hydrogen-bond donors (Lipinski definition) is 0. The molecule has 0 radical (unpaired) electrons. The average molecular weight is 373 g/mol. The van der Waals surface area contributed by atoms with Gasteiger partial charge in [0.05, 0.1) is 13.2 Å². The van der Waals surface area contributed by atoms with Gasteiger partial charge in [-0.1, -0.05) is 18.2 Å². The highest BCUT2D eigenvalue weighted by molar-refractivity contribution is 5.78. The van der Waals surface area contributed by atoms with Crippen LogP contribution in [0.25, 0.3) is 0 Å². The van der Waals surface area contributed by atoms with E-state index < -0.39 is 0 Å². The predicted molar refractivity (Wildman–Crippen MR) is 105 cm³/mol. The molecule has 2 saturated heterocycles. The molecule has 0 bridgehead atoms. The molecule has 0 aromatic heterocycles. The van der Waals surface area contributed by atoms with Gasteiger partial charge in [0.1, 0.15) is 5.75 Å². The van der Waals surface area contributed by atoms with Crippen molar-refractivity contribution < 1.29 is 14.3 Å². The van der Waals surface area contributed by atoms with Crippen LogP contribution in [0.1, 0.15) is 31.2 Å². The molecule has 1 aromatic rings. The summed E-state index contributed by atoms with van der Waals surface area (Å²) in [5, 5.41) is 0. The number of benzene rings is 1. The minimum atomic E-state index is 0.189. The van der Waals surface area contributed by atoms with Crippen molar-refractivity contribution >= 4 is 11.8 Å². The van der Waals surface area contributed by atoms with Crippen LogP contribution in [0, 0.1) is 6.92 Å². The molecule has 6 nitrogen and oxygen atoms in total. The molecule has 1 aromatic carbocycles. The number of nitrogens with zero attached hydrogens (tertiary/aromatic N) is 3. The zero-order chi connectivity index (χ0) is 19.1. The van der Waals surface area contributed by atoms with Crippen molar-refractivity contribution in [2.75, 3.05) is 52.4 Å². The van der Waals surface area contributed by atoms with Gasteiger partial charge in [0, 0.05) is 45.7 Å². The van der Waals surface area contributed by atoms with Crippen molar-refractivity contribution in [3.8, 4) is 5.75 Å². The SMILES string of the molecule is Cc1ccccc1OCCCC(=O)N1CCN(CC(=O)N2CCCC2)CC1. The van der Waals surface area contributed by atoms with E-state index in [-0.39, 0.29) is 11.8 Å². The number of ether oxygens (including phenoxy) is 1. The van der Waals surface area contributed by atoms with Crippen LogP contribution < -0.4 is 4.74 Å². The number of amides is 2. The third kappa shape index (κ3) is 5.70. The number of likely N-dealkylation sites (tertiary alicyclic amines) is 1. The Morgan fingerprint density at radius 2 is 1.59 bits per heavy atom. The van der Waals surface area contributed by atoms with E-state index in [4.69, 9.17) is 4.74 Å². The lowest BCUT2D eigenvalue weighted by Crippen LogP contribution is -2.51. The minimum absolute atomic E-state index is 0.189. The standard InChI is InChI=1S/C21H31N3O3/c1-18-7-2-3-8-19(18)27-16-6-9-20(25)24-14-12-22(13-15-24)17-21(26)23-10-4-5-11-23/h2-3,7-8H,4-6,9-17H2,1H3. The highest BCUT2D eigenvalue weighted by Gasteiger charge is 2.25. The molecule has 6 heteroatoms. The van der Waals surface area contributed by atoms with Crippen molar-refractivity contribution in [3.63, 3.8) is 0 Å². The molecule has 2 aliphatic rings. The van der Waals surface area contributed by atoms with Gasteiger partial charge in [-0.05, 0) is 37.8 Å². The smallest absolute Gasteiger partial charge is 0.236 e. The average Bonchev–Trinajstić information content (AvgIpc) is 3.22. The Hall–Kier alpha value is -2.08. The van der Waals surface area contributed by atoms with Crippen LogP contribution in [0.5, 0.6) is 5.75 Å². The van der Waals surface area contributed by atoms with Crippen molar-refractivity contribution in [1.29, 1.82) is 0 Å². The highest BCUT2D eigenvalue weighted by Crippen LogP contribution is 2.16. The zero-order valence-electron chi connectivity index (χ0n) is 16.4. The molecule has 0 aliphatic carbocycles. The lowest BCUT2D eigenvalue weighted by molar-refractivity contribution is -0.134. The monoisotopic (exact) mass is 373 g/mol. The van der Waals surface area contributed by atoms with E-state index in [1.807, 2.05) is 41.0 Å². The van der Waals surface area contributed by atoms with Gasteiger partial charge in [0.2, 0.25) is 11.8 Å². The lowest BCUT2D eigenvalue weighted by atomic mass is 10.2. The molecule has 0 N–H and O–H groups in total. The van der Waals surface area contributed by atoms with Crippen LogP contribution in [0.4, 0.5) is 0 Å². The molecular formula is C21H31N3O3. The quantitative estimate of drug-likeness (QED) is 0.686. The fourth-order valence-corrected chi connectivity index (χ4v) is 3.70. The van der Waals surface area contributed by atoms with Gasteiger partial charge in [-0.2, -0.15) is 0 Å². The van der Waals surface area contributed by atoms with E-state index in [1.165, 1.54) is 0 Å². The molecule has 0 atom stereocenters. The van der Waals surface area contributed by atoms with Gasteiger partial charge in [-0.3, -0.25) is 14.5 Å². The minimum Gasteiger partial charge on any atom is -0.493 e. The summed E-state index contributed by atoms with van der Waals surface area (Å²) in [6.07, 6.45) is 3.49. The third-order valence-corrected chi connectivity index (χ3v) is 5.43. The fraction of sp³-hybridized carbons (Fsp3) is 0.619. The van der Waals surface area contributed by atoms with Gasteiger partial charge >= 0.3 is 0 Å². The first-order chi connectivity index (χ1) is 13.1. The van der Waals surface area contributed by atoms with Crippen LogP contribution >= 0.6 is 0 Å². The first-order valence-electron chi connectivity index (χ1n) is 10.1. The summed E-state index contributed by atoms with van der Waals surface area (Å²) in [6.45, 7) is 7.87. The lowest BCUT2D eigenvalue weighted by Gasteiger charge is -2.35. The summed E-state index contributed by atoms with van der Waals surface area (Å²) in [6, 6.07) is 7.93. The van der Waals surface area contributed by atoms with E-state index in [0.717, 1.165) is 56.8 Å². The van der Waals surface area contributed by atoms with Crippen molar-refractivity contribution in [2.24, 2.45) is 0 Å². The second-order valence-electron chi connectivity index (χ2n) is 7.46. The van der Waals surface area contributed by atoms with Gasteiger partial charge in [0.15, 0.2) is 0 Å². The maximum Gasteiger partial charge on any atom is 0.236 e. The number of aryl methyl sites for hydroxylation is 1. The zero-order valence-corrected chi connectivity index (χ0v) is 16.4. The molecular weight excluding hydrogens is 342 g/mol. The molecule has 2 heterocycles. The molecule has 0 spiro atoms. The van der Waals surface area contributed by atoms with Crippen molar-refractivity contribution in [1.82, 2.24) is 14.7 Å². The normalized spacial score (nSPS) is 18.0. The summed E-state index contributed by atoms with van der Waals surface area (Å²) < 4.78 is 5.76. The maximum atomic E-state index is 12.4. The summed E-state index contributed by atoms with van der Waals surface area (Å²) in [4.78, 5) is 30.7. The van der Waals surface area contributed by atoms with Crippen LogP contribution in [0.2, 0.25) is 0 Å². The van der Waals surface area contributed by atoms with Crippen LogP contribution in [0.3, 0.4) is 0 Å². The number of carbonyl (C=O) groups is 2. The van der Waals surface area contributed by atoms with Gasteiger partial charge in [0.25, 0.3) is 0 Å². The Morgan fingerprint density at radius 1 is 0.926 bits per heavy atom. The Kier molecular flexibility index (Phi) is 7.10. The number of hydrogen-bond acceptors (Lipinski definition) is 4. The number of rotatable bonds is 7. The summed E-state index contributed by atoms with van der Waals surface area (Å²) >= 11 is 0. The number of carbonyl (C=O) groups excluding carboxylic acids is 2.